The summed E-state index contributed by atoms with van der Waals surface area (Å²) >= 11 is 0. The molecule has 0 atom stereocenters. The molecule has 1 aromatic carbocycles. The number of hydrogen-bond acceptors (Lipinski definition) is 5. The lowest BCUT2D eigenvalue weighted by Gasteiger charge is -2.14. The molecule has 5 heteroatoms. The van der Waals surface area contributed by atoms with E-state index in [1.807, 2.05) is 26.0 Å². The summed E-state index contributed by atoms with van der Waals surface area (Å²) in [4.78, 5) is 8.32. The highest BCUT2D eigenvalue weighted by atomic mass is 16.5. The van der Waals surface area contributed by atoms with Crippen molar-refractivity contribution in [2.75, 3.05) is 12.4 Å². The zero-order chi connectivity index (χ0) is 14.7. The van der Waals surface area contributed by atoms with E-state index in [1.54, 1.807) is 20.1 Å². The van der Waals surface area contributed by atoms with Crippen LogP contribution in [0.25, 0.3) is 0 Å². The van der Waals surface area contributed by atoms with Crippen molar-refractivity contribution < 1.29 is 4.74 Å². The van der Waals surface area contributed by atoms with Gasteiger partial charge in [-0.05, 0) is 38.0 Å². The summed E-state index contributed by atoms with van der Waals surface area (Å²) in [7, 11) is 1.63. The van der Waals surface area contributed by atoms with Gasteiger partial charge >= 0.3 is 0 Å². The maximum Gasteiger partial charge on any atom is 0.146 e. The maximum atomic E-state index is 8.95. The lowest BCUT2D eigenvalue weighted by molar-refractivity contribution is 0.416. The van der Waals surface area contributed by atoms with Gasteiger partial charge in [0.15, 0.2) is 0 Å². The molecule has 0 aliphatic heterocycles. The van der Waals surface area contributed by atoms with Crippen LogP contribution in [0.2, 0.25) is 0 Å². The topological polar surface area (TPSA) is 70.8 Å². The molecule has 1 aromatic heterocycles. The Labute approximate surface area is 118 Å². The largest absolute Gasteiger partial charge is 0.495 e. The molecule has 2 aromatic rings. The fourth-order valence-electron chi connectivity index (χ4n) is 2.07. The van der Waals surface area contributed by atoms with Gasteiger partial charge in [0.05, 0.1) is 12.8 Å². The Morgan fingerprint density at radius 2 is 1.90 bits per heavy atom. The zero-order valence-corrected chi connectivity index (χ0v) is 12.0. The van der Waals surface area contributed by atoms with Crippen LogP contribution < -0.4 is 10.1 Å². The van der Waals surface area contributed by atoms with Crippen LogP contribution in [0.5, 0.6) is 5.75 Å². The molecule has 5 nitrogen and oxygen atoms in total. The van der Waals surface area contributed by atoms with Gasteiger partial charge in [0.2, 0.25) is 0 Å². The lowest BCUT2D eigenvalue weighted by Crippen LogP contribution is -2.02. The van der Waals surface area contributed by atoms with E-state index >= 15 is 0 Å². The molecule has 1 N–H and O–H groups in total. The van der Waals surface area contributed by atoms with Crippen LogP contribution in [0.1, 0.15) is 22.6 Å². The lowest BCUT2D eigenvalue weighted by atomic mass is 10.1. The Morgan fingerprint density at radius 1 is 1.15 bits per heavy atom. The van der Waals surface area contributed by atoms with Gasteiger partial charge in [-0.15, -0.1) is 0 Å². The normalized spacial score (nSPS) is 9.95. The third kappa shape index (κ3) is 2.86. The average Bonchev–Trinajstić information content (AvgIpc) is 2.40. The standard InChI is InChI=1S/C15H16N4O/c1-9-5-10(2)15(13(6-9)20-4)19-14-7-12(8-16)17-11(3)18-14/h5-7H,1-4H3,(H,17,18,19). The van der Waals surface area contributed by atoms with Crippen molar-refractivity contribution in [3.8, 4) is 11.8 Å². The first-order chi connectivity index (χ1) is 9.53. The number of nitrogens with one attached hydrogen (secondary N) is 1. The Kier molecular flexibility index (Phi) is 3.85. The minimum atomic E-state index is 0.337. The molecule has 2 rings (SSSR count). The smallest absolute Gasteiger partial charge is 0.146 e. The van der Waals surface area contributed by atoms with E-state index in [1.165, 1.54) is 0 Å². The molecule has 0 spiro atoms. The SMILES string of the molecule is COc1cc(C)cc(C)c1Nc1cc(C#N)nc(C)n1. The van der Waals surface area contributed by atoms with Crippen LogP contribution in [0.15, 0.2) is 18.2 Å². The number of benzene rings is 1. The van der Waals surface area contributed by atoms with Crippen LogP contribution in [-0.4, -0.2) is 17.1 Å². The number of hydrogen-bond donors (Lipinski definition) is 1. The van der Waals surface area contributed by atoms with Crippen molar-refractivity contribution in [1.82, 2.24) is 9.97 Å². The summed E-state index contributed by atoms with van der Waals surface area (Å²) in [5.41, 5.74) is 3.36. The highest BCUT2D eigenvalue weighted by molar-refractivity contribution is 5.69. The Bertz CT molecular complexity index is 689. The molecule has 0 amide bonds. The third-order valence-electron chi connectivity index (χ3n) is 2.87. The minimum absolute atomic E-state index is 0.337. The van der Waals surface area contributed by atoms with E-state index in [2.05, 4.69) is 21.4 Å². The van der Waals surface area contributed by atoms with E-state index in [0.29, 0.717) is 17.3 Å². The van der Waals surface area contributed by atoms with E-state index in [0.717, 1.165) is 22.6 Å². The van der Waals surface area contributed by atoms with E-state index in [-0.39, 0.29) is 0 Å². The molecule has 0 saturated carbocycles. The highest BCUT2D eigenvalue weighted by Crippen LogP contribution is 2.31. The van der Waals surface area contributed by atoms with Crippen molar-refractivity contribution in [1.29, 1.82) is 5.26 Å². The van der Waals surface area contributed by atoms with Gasteiger partial charge in [0, 0.05) is 6.07 Å². The van der Waals surface area contributed by atoms with Gasteiger partial charge < -0.3 is 10.1 Å². The van der Waals surface area contributed by atoms with Crippen molar-refractivity contribution in [3.63, 3.8) is 0 Å². The molecule has 0 unspecified atom stereocenters. The van der Waals surface area contributed by atoms with Crippen LogP contribution in [0.3, 0.4) is 0 Å². The maximum absolute atomic E-state index is 8.95. The number of aromatic nitrogens is 2. The Hall–Kier alpha value is -2.61. The molecule has 1 heterocycles. The predicted molar refractivity (Wildman–Crippen MR) is 77.2 cm³/mol. The molecular formula is C15H16N4O. The number of anilines is 2. The van der Waals surface area contributed by atoms with E-state index in [4.69, 9.17) is 10.00 Å². The molecule has 0 saturated heterocycles. The summed E-state index contributed by atoms with van der Waals surface area (Å²) in [6.07, 6.45) is 0. The van der Waals surface area contributed by atoms with E-state index < -0.39 is 0 Å². The average molecular weight is 268 g/mol. The molecule has 0 fully saturated rings. The summed E-state index contributed by atoms with van der Waals surface area (Å²) in [6, 6.07) is 7.65. The highest BCUT2D eigenvalue weighted by Gasteiger charge is 2.10. The number of ether oxygens (including phenoxy) is 1. The quantitative estimate of drug-likeness (QED) is 0.926. The second-order valence-corrected chi connectivity index (χ2v) is 4.58. The third-order valence-corrected chi connectivity index (χ3v) is 2.87. The van der Waals surface area contributed by atoms with E-state index in [9.17, 15) is 0 Å². The summed E-state index contributed by atoms with van der Waals surface area (Å²) in [5.74, 6) is 1.88. The number of aryl methyl sites for hydroxylation is 3. The summed E-state index contributed by atoms with van der Waals surface area (Å²) < 4.78 is 5.40. The number of nitriles is 1. The molecule has 0 aliphatic carbocycles. The van der Waals surface area contributed by atoms with Gasteiger partial charge in [0.1, 0.15) is 29.2 Å². The van der Waals surface area contributed by atoms with Gasteiger partial charge in [-0.3, -0.25) is 0 Å². The van der Waals surface area contributed by atoms with Crippen molar-refractivity contribution >= 4 is 11.5 Å². The molecule has 0 bridgehead atoms. The molecule has 0 aliphatic rings. The second-order valence-electron chi connectivity index (χ2n) is 4.58. The monoisotopic (exact) mass is 268 g/mol. The molecular weight excluding hydrogens is 252 g/mol. The Morgan fingerprint density at radius 3 is 2.55 bits per heavy atom. The molecule has 102 valence electrons. The number of nitrogens with zero attached hydrogens (tertiary/aromatic N) is 3. The minimum Gasteiger partial charge on any atom is -0.495 e. The second kappa shape index (κ2) is 5.57. The van der Waals surface area contributed by atoms with Gasteiger partial charge in [-0.2, -0.15) is 5.26 Å². The van der Waals surface area contributed by atoms with Gasteiger partial charge in [-0.25, -0.2) is 9.97 Å². The van der Waals surface area contributed by atoms with Crippen LogP contribution >= 0.6 is 0 Å². The summed E-state index contributed by atoms with van der Waals surface area (Å²) in [5, 5.41) is 12.2. The molecule has 20 heavy (non-hydrogen) atoms. The fraction of sp³-hybridized carbons (Fsp3) is 0.267. The van der Waals surface area contributed by atoms with Gasteiger partial charge in [-0.1, -0.05) is 6.07 Å². The van der Waals surface area contributed by atoms with Gasteiger partial charge in [0.25, 0.3) is 0 Å². The number of rotatable bonds is 3. The van der Waals surface area contributed by atoms with Crippen LogP contribution in [0.4, 0.5) is 11.5 Å². The van der Waals surface area contributed by atoms with Crippen molar-refractivity contribution in [2.24, 2.45) is 0 Å². The zero-order valence-electron chi connectivity index (χ0n) is 12.0. The first-order valence-corrected chi connectivity index (χ1v) is 6.21. The van der Waals surface area contributed by atoms with Crippen LogP contribution in [-0.2, 0) is 0 Å². The summed E-state index contributed by atoms with van der Waals surface area (Å²) in [6.45, 7) is 5.77. The van der Waals surface area contributed by atoms with Crippen LogP contribution in [0, 0.1) is 32.1 Å². The predicted octanol–water partition coefficient (Wildman–Crippen LogP) is 3.03. The Balaban J connectivity index is 2.45. The van der Waals surface area contributed by atoms with Crippen molar-refractivity contribution in [2.45, 2.75) is 20.8 Å². The first-order valence-electron chi connectivity index (χ1n) is 6.21. The first kappa shape index (κ1) is 13.8. The van der Waals surface area contributed by atoms with Crippen molar-refractivity contribution in [3.05, 3.63) is 40.8 Å². The number of methoxy groups -OCH3 is 1. The fourth-order valence-corrected chi connectivity index (χ4v) is 2.07. The molecule has 0 radical (unpaired) electrons.